The molecule has 0 spiro atoms. The molecule has 0 amide bonds. The highest BCUT2D eigenvalue weighted by Gasteiger charge is 2.45. The minimum atomic E-state index is -0.157. The molecule has 1 unspecified atom stereocenters. The average molecular weight is 233 g/mol. The molecule has 1 fully saturated rings. The molecule has 2 atom stereocenters. The van der Waals surface area contributed by atoms with Crippen LogP contribution in [0.5, 0.6) is 0 Å². The number of benzene rings is 1. The molecule has 1 aromatic carbocycles. The Bertz CT molecular complexity index is 431. The molecule has 0 saturated carbocycles. The van der Waals surface area contributed by atoms with Gasteiger partial charge in [0.25, 0.3) is 0 Å². The van der Waals surface area contributed by atoms with Gasteiger partial charge in [-0.1, -0.05) is 17.7 Å². The van der Waals surface area contributed by atoms with Crippen LogP contribution in [0.2, 0.25) is 0 Å². The maximum Gasteiger partial charge on any atom is 0.325 e. The molecule has 0 radical (unpaired) electrons. The third-order valence-corrected chi connectivity index (χ3v) is 3.17. The first-order valence-corrected chi connectivity index (χ1v) is 6.05. The number of carbonyl (C=O) groups excluding carboxylic acids is 1. The Kier molecular flexibility index (Phi) is 3.20. The summed E-state index contributed by atoms with van der Waals surface area (Å²) < 4.78 is 5.02. The lowest BCUT2D eigenvalue weighted by Crippen LogP contribution is -2.14. The van der Waals surface area contributed by atoms with Crippen molar-refractivity contribution in [3.8, 4) is 0 Å². The lowest BCUT2D eigenvalue weighted by Gasteiger charge is -2.09. The first kappa shape index (κ1) is 12.1. The van der Waals surface area contributed by atoms with E-state index < -0.39 is 0 Å². The molecule has 3 nitrogen and oxygen atoms in total. The molecule has 17 heavy (non-hydrogen) atoms. The minimum absolute atomic E-state index is 0.134. The summed E-state index contributed by atoms with van der Waals surface area (Å²) >= 11 is 0. The molecule has 1 saturated heterocycles. The van der Waals surface area contributed by atoms with E-state index in [1.165, 1.54) is 22.3 Å². The number of rotatable bonds is 3. The highest BCUT2D eigenvalue weighted by atomic mass is 16.5. The highest BCUT2D eigenvalue weighted by Crippen LogP contribution is 2.35. The van der Waals surface area contributed by atoms with Crippen LogP contribution in [0.25, 0.3) is 0 Å². The number of esters is 1. The van der Waals surface area contributed by atoms with E-state index in [1.807, 2.05) is 6.92 Å². The summed E-state index contributed by atoms with van der Waals surface area (Å²) in [6, 6.07) is 4.29. The zero-order valence-electron chi connectivity index (χ0n) is 10.8. The fraction of sp³-hybridized carbons (Fsp3) is 0.500. The van der Waals surface area contributed by atoms with Gasteiger partial charge in [0.05, 0.1) is 12.6 Å². The second-order valence-corrected chi connectivity index (χ2v) is 4.69. The third kappa shape index (κ3) is 2.34. The Morgan fingerprint density at radius 1 is 1.29 bits per heavy atom. The van der Waals surface area contributed by atoms with Crippen molar-refractivity contribution in [2.24, 2.45) is 0 Å². The summed E-state index contributed by atoms with van der Waals surface area (Å²) in [7, 11) is 0. The Hall–Kier alpha value is -1.35. The Morgan fingerprint density at radius 2 is 1.88 bits per heavy atom. The van der Waals surface area contributed by atoms with Crippen LogP contribution in [0.4, 0.5) is 0 Å². The van der Waals surface area contributed by atoms with E-state index in [1.54, 1.807) is 0 Å². The van der Waals surface area contributed by atoms with E-state index in [0.717, 1.165) is 0 Å². The molecule has 0 aliphatic carbocycles. The average Bonchev–Trinajstić information content (AvgIpc) is 2.96. The maximum absolute atomic E-state index is 11.6. The largest absolute Gasteiger partial charge is 0.465 e. The highest BCUT2D eigenvalue weighted by molar-refractivity contribution is 5.81. The molecule has 1 aliphatic rings. The van der Waals surface area contributed by atoms with Crippen molar-refractivity contribution in [3.63, 3.8) is 0 Å². The van der Waals surface area contributed by atoms with Crippen LogP contribution in [0.1, 0.15) is 35.2 Å². The zero-order valence-corrected chi connectivity index (χ0v) is 10.8. The van der Waals surface area contributed by atoms with Crippen LogP contribution in [0, 0.1) is 20.8 Å². The topological polar surface area (TPSA) is 48.2 Å². The van der Waals surface area contributed by atoms with Gasteiger partial charge in [-0.2, -0.15) is 0 Å². The molecule has 92 valence electrons. The van der Waals surface area contributed by atoms with Crippen LogP contribution in [0.3, 0.4) is 0 Å². The quantitative estimate of drug-likeness (QED) is 0.643. The third-order valence-electron chi connectivity index (χ3n) is 3.17. The molecule has 1 aliphatic heterocycles. The first-order chi connectivity index (χ1) is 8.04. The Balaban J connectivity index is 2.19. The summed E-state index contributed by atoms with van der Waals surface area (Å²) in [5, 5.41) is 3.20. The predicted molar refractivity (Wildman–Crippen MR) is 67.0 cm³/mol. The van der Waals surface area contributed by atoms with E-state index >= 15 is 0 Å². The van der Waals surface area contributed by atoms with Crippen molar-refractivity contribution in [2.75, 3.05) is 6.61 Å². The molecule has 1 heterocycles. The van der Waals surface area contributed by atoms with Crippen molar-refractivity contribution in [1.82, 2.24) is 5.32 Å². The fourth-order valence-corrected chi connectivity index (χ4v) is 2.51. The van der Waals surface area contributed by atoms with Crippen LogP contribution < -0.4 is 5.32 Å². The minimum Gasteiger partial charge on any atom is -0.465 e. The van der Waals surface area contributed by atoms with Gasteiger partial charge >= 0.3 is 5.97 Å². The zero-order chi connectivity index (χ0) is 12.6. The summed E-state index contributed by atoms with van der Waals surface area (Å²) in [6.07, 6.45) is 0. The van der Waals surface area contributed by atoms with Gasteiger partial charge in [0, 0.05) is 0 Å². The predicted octanol–water partition coefficient (Wildman–Crippen LogP) is 2.19. The lowest BCUT2D eigenvalue weighted by molar-refractivity contribution is -0.142. The van der Waals surface area contributed by atoms with Crippen molar-refractivity contribution >= 4 is 5.97 Å². The molecule has 0 aromatic heterocycles. The van der Waals surface area contributed by atoms with Gasteiger partial charge in [0.15, 0.2) is 0 Å². The van der Waals surface area contributed by atoms with Gasteiger partial charge in [-0.25, -0.2) is 0 Å². The second kappa shape index (κ2) is 4.49. The van der Waals surface area contributed by atoms with Crippen molar-refractivity contribution in [2.45, 2.75) is 39.8 Å². The molecule has 0 bridgehead atoms. The van der Waals surface area contributed by atoms with Gasteiger partial charge in [-0.15, -0.1) is 0 Å². The van der Waals surface area contributed by atoms with Crippen LogP contribution in [-0.2, 0) is 9.53 Å². The number of aryl methyl sites for hydroxylation is 3. The van der Waals surface area contributed by atoms with E-state index in [9.17, 15) is 4.79 Å². The smallest absolute Gasteiger partial charge is 0.325 e. The number of ether oxygens (including phenoxy) is 1. The number of carbonyl (C=O) groups is 1. The van der Waals surface area contributed by atoms with Crippen LogP contribution in [0.15, 0.2) is 12.1 Å². The Labute approximate surface area is 102 Å². The molecular weight excluding hydrogens is 214 g/mol. The monoisotopic (exact) mass is 233 g/mol. The Morgan fingerprint density at radius 3 is 2.41 bits per heavy atom. The van der Waals surface area contributed by atoms with Gasteiger partial charge in [-0.3, -0.25) is 10.1 Å². The molecule has 3 heteroatoms. The number of hydrogen-bond donors (Lipinski definition) is 1. The van der Waals surface area contributed by atoms with Crippen LogP contribution in [-0.4, -0.2) is 18.6 Å². The second-order valence-electron chi connectivity index (χ2n) is 4.69. The summed E-state index contributed by atoms with van der Waals surface area (Å²) in [5.41, 5.74) is 4.99. The van der Waals surface area contributed by atoms with Gasteiger partial charge in [0.1, 0.15) is 6.04 Å². The number of nitrogens with one attached hydrogen (secondary N) is 1. The fourth-order valence-electron chi connectivity index (χ4n) is 2.51. The van der Waals surface area contributed by atoms with Gasteiger partial charge < -0.3 is 4.74 Å². The first-order valence-electron chi connectivity index (χ1n) is 6.05. The standard InChI is InChI=1S/C14H19NO2/c1-5-17-14(16)13-12(15-13)11-9(3)6-8(2)7-10(11)4/h6-7,12-13,15H,5H2,1-4H3/t12-,13?/m1/s1. The van der Waals surface area contributed by atoms with Crippen molar-refractivity contribution in [1.29, 1.82) is 0 Å². The van der Waals surface area contributed by atoms with Gasteiger partial charge in [-0.05, 0) is 44.4 Å². The molecule has 2 rings (SSSR count). The van der Waals surface area contributed by atoms with Crippen LogP contribution >= 0.6 is 0 Å². The lowest BCUT2D eigenvalue weighted by atomic mass is 9.96. The summed E-state index contributed by atoms with van der Waals surface area (Å²) in [6.45, 7) is 8.55. The molecular formula is C14H19NO2. The van der Waals surface area contributed by atoms with E-state index in [-0.39, 0.29) is 18.1 Å². The molecule has 1 aromatic rings. The summed E-state index contributed by atoms with van der Waals surface area (Å²) in [4.78, 5) is 11.6. The summed E-state index contributed by atoms with van der Waals surface area (Å²) in [5.74, 6) is -0.142. The molecule has 1 N–H and O–H groups in total. The van der Waals surface area contributed by atoms with E-state index in [0.29, 0.717) is 6.61 Å². The van der Waals surface area contributed by atoms with Crippen molar-refractivity contribution in [3.05, 3.63) is 34.4 Å². The van der Waals surface area contributed by atoms with Gasteiger partial charge in [0.2, 0.25) is 0 Å². The van der Waals surface area contributed by atoms with Crippen molar-refractivity contribution < 1.29 is 9.53 Å². The number of hydrogen-bond acceptors (Lipinski definition) is 3. The SMILES string of the molecule is CCOC(=O)C1N[C@@H]1c1c(C)cc(C)cc1C. The van der Waals surface area contributed by atoms with E-state index in [2.05, 4.69) is 38.2 Å². The maximum atomic E-state index is 11.6. The van der Waals surface area contributed by atoms with E-state index in [4.69, 9.17) is 4.74 Å². The normalized spacial score (nSPS) is 22.4.